The molecule has 1 spiro atoms. The average Bonchev–Trinajstić information content (AvgIpc) is 3.05. The summed E-state index contributed by atoms with van der Waals surface area (Å²) >= 11 is 7.03. The number of amides is 2. The molecule has 0 radical (unpaired) electrons. The highest BCUT2D eigenvalue weighted by Crippen LogP contribution is 2.60. The molecule has 1 saturated heterocycles. The van der Waals surface area contributed by atoms with Gasteiger partial charge in [-0.25, -0.2) is 4.39 Å². The maximum atomic E-state index is 15.4. The Labute approximate surface area is 201 Å². The lowest BCUT2D eigenvalue weighted by Crippen LogP contribution is -2.60. The quantitative estimate of drug-likeness (QED) is 0.416. The molecular weight excluding hydrogens is 539 g/mol. The number of nitrogens with one attached hydrogen (secondary N) is 2. The van der Waals surface area contributed by atoms with Crippen LogP contribution in [-0.2, 0) is 15.0 Å². The van der Waals surface area contributed by atoms with Crippen molar-refractivity contribution in [2.45, 2.75) is 24.3 Å². The Kier molecular flexibility index (Phi) is 5.21. The standard InChI is InChI=1S/C25H19Br2FN2O2/c1-13-21(20-17(27)8-5-9-18(20)28)25(16-12-15(26)10-11-19(16)29-24(25)32)22(30-23(13)31)14-6-3-2-4-7-14/h2-13,21-22H,1H3,(H,29,32)(H,30,31)/t13-,21-,22+,25-/m0/s1. The van der Waals surface area contributed by atoms with Crippen LogP contribution < -0.4 is 10.6 Å². The summed E-state index contributed by atoms with van der Waals surface area (Å²) in [5, 5.41) is 6.10. The Morgan fingerprint density at radius 2 is 1.72 bits per heavy atom. The van der Waals surface area contributed by atoms with Gasteiger partial charge in [-0.05, 0) is 41.5 Å². The number of fused-ring (bicyclic) bond motifs is 2. The summed E-state index contributed by atoms with van der Waals surface area (Å²) in [5.74, 6) is -2.33. The van der Waals surface area contributed by atoms with E-state index in [9.17, 15) is 9.59 Å². The third kappa shape index (κ3) is 2.98. The molecule has 2 aliphatic heterocycles. The summed E-state index contributed by atoms with van der Waals surface area (Å²) in [7, 11) is 0. The minimum absolute atomic E-state index is 0.221. The highest BCUT2D eigenvalue weighted by molar-refractivity contribution is 9.10. The van der Waals surface area contributed by atoms with Crippen molar-refractivity contribution in [3.8, 4) is 0 Å². The summed E-state index contributed by atoms with van der Waals surface area (Å²) in [6, 6.07) is 19.0. The van der Waals surface area contributed by atoms with Gasteiger partial charge >= 0.3 is 0 Å². The van der Waals surface area contributed by atoms with Crippen LogP contribution in [0.1, 0.15) is 35.6 Å². The van der Waals surface area contributed by atoms with Gasteiger partial charge in [-0.2, -0.15) is 0 Å². The Morgan fingerprint density at radius 3 is 2.44 bits per heavy atom. The second kappa shape index (κ2) is 7.81. The molecule has 2 N–H and O–H groups in total. The van der Waals surface area contributed by atoms with Gasteiger partial charge in [-0.3, -0.25) is 9.59 Å². The Hall–Kier alpha value is -2.51. The molecular formula is C25H19Br2FN2O2. The number of carbonyl (C=O) groups is 2. The number of carbonyl (C=O) groups excluding carboxylic acids is 2. The van der Waals surface area contributed by atoms with Crippen molar-refractivity contribution in [3.63, 3.8) is 0 Å². The highest BCUT2D eigenvalue weighted by atomic mass is 79.9. The van der Waals surface area contributed by atoms with Gasteiger partial charge in [0, 0.05) is 32.0 Å². The molecule has 0 saturated carbocycles. The van der Waals surface area contributed by atoms with Gasteiger partial charge in [0.25, 0.3) is 0 Å². The van der Waals surface area contributed by atoms with E-state index in [0.29, 0.717) is 15.7 Å². The van der Waals surface area contributed by atoms with E-state index in [-0.39, 0.29) is 11.8 Å². The molecule has 3 aromatic carbocycles. The van der Waals surface area contributed by atoms with Crippen LogP contribution >= 0.6 is 31.9 Å². The third-order valence-electron chi connectivity index (χ3n) is 6.64. The molecule has 2 amide bonds. The molecule has 0 bridgehead atoms. The van der Waals surface area contributed by atoms with Crippen LogP contribution in [0.5, 0.6) is 0 Å². The van der Waals surface area contributed by atoms with Crippen molar-refractivity contribution in [2.24, 2.45) is 5.92 Å². The van der Waals surface area contributed by atoms with Gasteiger partial charge in [0.2, 0.25) is 11.8 Å². The largest absolute Gasteiger partial charge is 0.348 e. The molecule has 4 atom stereocenters. The molecule has 1 fully saturated rings. The van der Waals surface area contributed by atoms with Crippen molar-refractivity contribution in [1.82, 2.24) is 5.32 Å². The maximum absolute atomic E-state index is 15.4. The van der Waals surface area contributed by atoms with Crippen LogP contribution in [0.2, 0.25) is 0 Å². The third-order valence-corrected chi connectivity index (χ3v) is 7.83. The predicted molar refractivity (Wildman–Crippen MR) is 128 cm³/mol. The zero-order chi connectivity index (χ0) is 22.6. The van der Waals surface area contributed by atoms with Crippen molar-refractivity contribution >= 4 is 49.4 Å². The van der Waals surface area contributed by atoms with Crippen LogP contribution in [-0.4, -0.2) is 11.8 Å². The first-order valence-corrected chi connectivity index (χ1v) is 11.8. The molecule has 2 aliphatic rings. The van der Waals surface area contributed by atoms with Crippen LogP contribution in [0.25, 0.3) is 0 Å². The number of hydrogen-bond acceptors (Lipinski definition) is 2. The summed E-state index contributed by atoms with van der Waals surface area (Å²) in [5.41, 5.74) is 1.27. The number of benzene rings is 3. The maximum Gasteiger partial charge on any atom is 0.238 e. The Morgan fingerprint density at radius 1 is 0.969 bits per heavy atom. The van der Waals surface area contributed by atoms with Crippen LogP contribution in [0.3, 0.4) is 0 Å². The molecule has 4 nitrogen and oxygen atoms in total. The fraction of sp³-hybridized carbons (Fsp3) is 0.200. The van der Waals surface area contributed by atoms with Crippen LogP contribution in [0, 0.1) is 11.7 Å². The Bertz CT molecular complexity index is 1230. The summed E-state index contributed by atoms with van der Waals surface area (Å²) in [6.07, 6.45) is 0. The normalized spacial score (nSPS) is 26.6. The van der Waals surface area contributed by atoms with Crippen LogP contribution in [0.15, 0.2) is 75.7 Å². The predicted octanol–water partition coefficient (Wildman–Crippen LogP) is 5.83. The zero-order valence-corrected chi connectivity index (χ0v) is 20.2. The number of anilines is 1. The fourth-order valence-corrected chi connectivity index (χ4v) is 6.25. The van der Waals surface area contributed by atoms with Gasteiger partial charge in [0.15, 0.2) is 0 Å². The molecule has 0 aromatic heterocycles. The number of hydrogen-bond donors (Lipinski definition) is 2. The monoisotopic (exact) mass is 556 g/mol. The van der Waals surface area contributed by atoms with Crippen molar-refractivity contribution < 1.29 is 14.0 Å². The summed E-state index contributed by atoms with van der Waals surface area (Å²) in [4.78, 5) is 27.2. The first-order valence-electron chi connectivity index (χ1n) is 10.3. The SMILES string of the molecule is C[C@@H]1C(=O)N[C@H](c2ccccc2)[C@@]2(C(=O)Nc3ccc(Br)cc32)[C@@H]1c1c(F)cccc1Br. The molecule has 0 unspecified atom stereocenters. The molecule has 2 heterocycles. The van der Waals surface area contributed by atoms with E-state index in [1.54, 1.807) is 19.1 Å². The topological polar surface area (TPSA) is 58.2 Å². The van der Waals surface area contributed by atoms with Crippen molar-refractivity contribution in [1.29, 1.82) is 0 Å². The first-order chi connectivity index (χ1) is 15.4. The van der Waals surface area contributed by atoms with E-state index in [1.165, 1.54) is 6.07 Å². The van der Waals surface area contributed by atoms with Gasteiger partial charge in [0.1, 0.15) is 11.2 Å². The van der Waals surface area contributed by atoms with E-state index in [0.717, 1.165) is 15.6 Å². The minimum atomic E-state index is -1.25. The smallest absolute Gasteiger partial charge is 0.238 e. The second-order valence-electron chi connectivity index (χ2n) is 8.27. The van der Waals surface area contributed by atoms with Gasteiger partial charge in [0.05, 0.1) is 6.04 Å². The number of halogens is 3. The lowest BCUT2D eigenvalue weighted by molar-refractivity contribution is -0.135. The second-order valence-corrected chi connectivity index (χ2v) is 10.0. The van der Waals surface area contributed by atoms with Crippen molar-refractivity contribution in [2.75, 3.05) is 5.32 Å². The van der Waals surface area contributed by atoms with Gasteiger partial charge < -0.3 is 10.6 Å². The molecule has 0 aliphatic carbocycles. The van der Waals surface area contributed by atoms with E-state index < -0.39 is 29.1 Å². The van der Waals surface area contributed by atoms with E-state index >= 15 is 4.39 Å². The lowest BCUT2D eigenvalue weighted by Gasteiger charge is -2.49. The minimum Gasteiger partial charge on any atom is -0.348 e. The van der Waals surface area contributed by atoms with E-state index in [4.69, 9.17) is 0 Å². The molecule has 3 aromatic rings. The molecule has 32 heavy (non-hydrogen) atoms. The molecule has 162 valence electrons. The average molecular weight is 558 g/mol. The van der Waals surface area contributed by atoms with Crippen molar-refractivity contribution in [3.05, 3.63) is 98.2 Å². The summed E-state index contributed by atoms with van der Waals surface area (Å²) in [6.45, 7) is 1.76. The van der Waals surface area contributed by atoms with Gasteiger partial charge in [-0.1, -0.05) is 75.2 Å². The fourth-order valence-electron chi connectivity index (χ4n) is 5.30. The van der Waals surface area contributed by atoms with E-state index in [1.807, 2.05) is 48.5 Å². The number of piperidine rings is 1. The Balaban J connectivity index is 1.89. The summed E-state index contributed by atoms with van der Waals surface area (Å²) < 4.78 is 16.7. The first kappa shape index (κ1) is 21.3. The highest BCUT2D eigenvalue weighted by Gasteiger charge is 2.64. The molecule has 5 rings (SSSR count). The zero-order valence-electron chi connectivity index (χ0n) is 17.0. The lowest BCUT2D eigenvalue weighted by atomic mass is 9.56. The number of rotatable bonds is 2. The van der Waals surface area contributed by atoms with Crippen LogP contribution in [0.4, 0.5) is 10.1 Å². The van der Waals surface area contributed by atoms with Gasteiger partial charge in [-0.15, -0.1) is 0 Å². The molecule has 7 heteroatoms. The van der Waals surface area contributed by atoms with E-state index in [2.05, 4.69) is 42.5 Å².